The van der Waals surface area contributed by atoms with Crippen LogP contribution in [-0.4, -0.2) is 29.1 Å². The van der Waals surface area contributed by atoms with E-state index in [1.54, 1.807) is 0 Å². The predicted molar refractivity (Wildman–Crippen MR) is 163 cm³/mol. The monoisotopic (exact) mass is 505 g/mol. The van der Waals surface area contributed by atoms with Gasteiger partial charge in [0, 0.05) is 25.5 Å². The van der Waals surface area contributed by atoms with E-state index in [1.165, 1.54) is 180 Å². The number of hydrogen-bond acceptors (Lipinski definition) is 2. The lowest BCUT2D eigenvalue weighted by Crippen LogP contribution is -2.39. The maximum atomic E-state index is 2.67. The van der Waals surface area contributed by atoms with Crippen molar-refractivity contribution in [3.8, 4) is 0 Å². The summed E-state index contributed by atoms with van der Waals surface area (Å²) in [5, 5.41) is 0. The van der Waals surface area contributed by atoms with Gasteiger partial charge < -0.3 is 9.80 Å². The third-order valence-electron chi connectivity index (χ3n) is 8.32. The standard InChI is InChI=1S/C34H68N2/c1-4-7-10-12-13-14-15-16-17-18-19-20-21-22-23-25-28-31-36-33-32-35(30-27-24-11-8-5-2)34(36)29-26-9-6-3/h32-34H,4-31H2,1-3H3. The topological polar surface area (TPSA) is 6.48 Å². The van der Waals surface area contributed by atoms with E-state index in [0.29, 0.717) is 6.17 Å². The second-order valence-corrected chi connectivity index (χ2v) is 11.8. The molecule has 0 saturated carbocycles. The number of rotatable bonds is 28. The first-order chi connectivity index (χ1) is 17.8. The highest BCUT2D eigenvalue weighted by molar-refractivity contribution is 4.97. The highest BCUT2D eigenvalue weighted by atomic mass is 15.4. The van der Waals surface area contributed by atoms with E-state index in [0.717, 1.165) is 0 Å². The predicted octanol–water partition coefficient (Wildman–Crippen LogP) is 11.6. The summed E-state index contributed by atoms with van der Waals surface area (Å²) in [5.74, 6) is 0. The minimum absolute atomic E-state index is 0.642. The molecule has 0 spiro atoms. The molecule has 0 saturated heterocycles. The molecule has 1 heterocycles. The molecule has 2 heteroatoms. The summed E-state index contributed by atoms with van der Waals surface area (Å²) >= 11 is 0. The molecule has 1 atom stereocenters. The van der Waals surface area contributed by atoms with Crippen molar-refractivity contribution in [1.29, 1.82) is 0 Å². The van der Waals surface area contributed by atoms with Gasteiger partial charge in [0.2, 0.25) is 0 Å². The van der Waals surface area contributed by atoms with E-state index >= 15 is 0 Å². The molecule has 0 N–H and O–H groups in total. The molecule has 0 aromatic carbocycles. The lowest BCUT2D eigenvalue weighted by molar-refractivity contribution is 0.135. The van der Waals surface area contributed by atoms with Gasteiger partial charge in [0.15, 0.2) is 0 Å². The number of unbranched alkanes of at least 4 members (excludes halogenated alkanes) is 22. The molecule has 0 aliphatic carbocycles. The van der Waals surface area contributed by atoms with Gasteiger partial charge in [-0.1, -0.05) is 162 Å². The average molecular weight is 505 g/mol. The molecule has 0 bridgehead atoms. The molecule has 1 unspecified atom stereocenters. The van der Waals surface area contributed by atoms with Gasteiger partial charge in [0.05, 0.1) is 0 Å². The van der Waals surface area contributed by atoms with Crippen LogP contribution >= 0.6 is 0 Å². The van der Waals surface area contributed by atoms with Gasteiger partial charge in [-0.2, -0.15) is 0 Å². The van der Waals surface area contributed by atoms with Crippen molar-refractivity contribution >= 4 is 0 Å². The van der Waals surface area contributed by atoms with Crippen molar-refractivity contribution in [2.45, 2.75) is 194 Å². The van der Waals surface area contributed by atoms with E-state index in [1.807, 2.05) is 0 Å². The second kappa shape index (κ2) is 26.0. The lowest BCUT2D eigenvalue weighted by atomic mass is 10.0. The van der Waals surface area contributed by atoms with Gasteiger partial charge in [-0.3, -0.25) is 0 Å². The zero-order chi connectivity index (χ0) is 25.9. The SMILES string of the molecule is CCCCCCCCCCCCCCCCCCCN1C=CN(CCCCCCC)C1CCCCC. The first kappa shape index (κ1) is 33.4. The van der Waals surface area contributed by atoms with Gasteiger partial charge in [0.25, 0.3) is 0 Å². The van der Waals surface area contributed by atoms with Gasteiger partial charge in [-0.15, -0.1) is 0 Å². The molecule has 1 aliphatic heterocycles. The Labute approximate surface area is 229 Å². The van der Waals surface area contributed by atoms with E-state index < -0.39 is 0 Å². The van der Waals surface area contributed by atoms with Gasteiger partial charge in [-0.25, -0.2) is 0 Å². The third-order valence-corrected chi connectivity index (χ3v) is 8.32. The lowest BCUT2D eigenvalue weighted by Gasteiger charge is -2.33. The van der Waals surface area contributed by atoms with Crippen LogP contribution in [0, 0.1) is 0 Å². The number of nitrogens with zero attached hydrogens (tertiary/aromatic N) is 2. The molecule has 214 valence electrons. The first-order valence-electron chi connectivity index (χ1n) is 17.0. The summed E-state index contributed by atoms with van der Waals surface area (Å²) in [4.78, 5) is 5.34. The highest BCUT2D eigenvalue weighted by Gasteiger charge is 2.24. The molecule has 0 radical (unpaired) electrons. The Kier molecular flexibility index (Phi) is 24.1. The van der Waals surface area contributed by atoms with Crippen molar-refractivity contribution in [2.75, 3.05) is 13.1 Å². The summed E-state index contributed by atoms with van der Waals surface area (Å²) in [6, 6.07) is 0. The molecule has 36 heavy (non-hydrogen) atoms. The van der Waals surface area contributed by atoms with Crippen LogP contribution in [-0.2, 0) is 0 Å². The van der Waals surface area contributed by atoms with Crippen molar-refractivity contribution in [1.82, 2.24) is 9.80 Å². The molecule has 2 nitrogen and oxygen atoms in total. The summed E-state index contributed by atoms with van der Waals surface area (Å²) in [6.07, 6.45) is 42.5. The van der Waals surface area contributed by atoms with Gasteiger partial charge in [0.1, 0.15) is 6.17 Å². The van der Waals surface area contributed by atoms with Crippen LogP contribution in [0.5, 0.6) is 0 Å². The third kappa shape index (κ3) is 18.6. The fourth-order valence-corrected chi connectivity index (χ4v) is 5.83. The van der Waals surface area contributed by atoms with Crippen LogP contribution in [0.25, 0.3) is 0 Å². The Morgan fingerprint density at radius 2 is 0.639 bits per heavy atom. The van der Waals surface area contributed by atoms with Crippen LogP contribution in [0.1, 0.15) is 188 Å². The van der Waals surface area contributed by atoms with Crippen molar-refractivity contribution < 1.29 is 0 Å². The minimum Gasteiger partial charge on any atom is -0.356 e. The fraction of sp³-hybridized carbons (Fsp3) is 0.941. The van der Waals surface area contributed by atoms with E-state index in [2.05, 4.69) is 43.0 Å². The molecule has 0 aromatic heterocycles. The Bertz CT molecular complexity index is 460. The minimum atomic E-state index is 0.642. The number of hydrogen-bond donors (Lipinski definition) is 0. The zero-order valence-corrected chi connectivity index (χ0v) is 25.4. The van der Waals surface area contributed by atoms with Crippen molar-refractivity contribution in [3.63, 3.8) is 0 Å². The Balaban J connectivity index is 1.99. The van der Waals surface area contributed by atoms with Gasteiger partial charge in [-0.05, 0) is 25.7 Å². The maximum absolute atomic E-state index is 2.67. The van der Waals surface area contributed by atoms with E-state index in [4.69, 9.17) is 0 Å². The van der Waals surface area contributed by atoms with Crippen LogP contribution in [0.4, 0.5) is 0 Å². The summed E-state index contributed by atoms with van der Waals surface area (Å²) in [6.45, 7) is 9.46. The summed E-state index contributed by atoms with van der Waals surface area (Å²) in [5.41, 5.74) is 0. The average Bonchev–Trinajstić information content (AvgIpc) is 3.27. The summed E-state index contributed by atoms with van der Waals surface area (Å²) < 4.78 is 0. The molecule has 0 fully saturated rings. The van der Waals surface area contributed by atoms with E-state index in [9.17, 15) is 0 Å². The Morgan fingerprint density at radius 1 is 0.361 bits per heavy atom. The normalized spacial score (nSPS) is 15.5. The van der Waals surface area contributed by atoms with Crippen molar-refractivity contribution in [2.24, 2.45) is 0 Å². The molecule has 0 amide bonds. The van der Waals surface area contributed by atoms with Crippen LogP contribution in [0.2, 0.25) is 0 Å². The largest absolute Gasteiger partial charge is 0.356 e. The van der Waals surface area contributed by atoms with Crippen LogP contribution < -0.4 is 0 Å². The smallest absolute Gasteiger partial charge is 0.101 e. The molecule has 0 aromatic rings. The van der Waals surface area contributed by atoms with Crippen molar-refractivity contribution in [3.05, 3.63) is 12.4 Å². The zero-order valence-electron chi connectivity index (χ0n) is 25.4. The maximum Gasteiger partial charge on any atom is 0.101 e. The molecular formula is C34H68N2. The fourth-order valence-electron chi connectivity index (χ4n) is 5.83. The van der Waals surface area contributed by atoms with Crippen LogP contribution in [0.15, 0.2) is 12.4 Å². The molecule has 1 aliphatic rings. The highest BCUT2D eigenvalue weighted by Crippen LogP contribution is 2.23. The second-order valence-electron chi connectivity index (χ2n) is 11.8. The Hall–Kier alpha value is -0.660. The van der Waals surface area contributed by atoms with Gasteiger partial charge >= 0.3 is 0 Å². The first-order valence-corrected chi connectivity index (χ1v) is 17.0. The molecule has 1 rings (SSSR count). The quantitative estimate of drug-likeness (QED) is 0.0977. The molecular weight excluding hydrogens is 436 g/mol. The summed E-state index contributed by atoms with van der Waals surface area (Å²) in [7, 11) is 0. The van der Waals surface area contributed by atoms with Crippen LogP contribution in [0.3, 0.4) is 0 Å². The van der Waals surface area contributed by atoms with E-state index in [-0.39, 0.29) is 0 Å². The Morgan fingerprint density at radius 3 is 0.972 bits per heavy atom.